The zero-order valence-electron chi connectivity index (χ0n) is 7.71. The number of alkyl halides is 1. The molecular weight excluding hydrogens is 200 g/mol. The summed E-state index contributed by atoms with van der Waals surface area (Å²) < 4.78 is 0. The van der Waals surface area contributed by atoms with Crippen LogP contribution in [0.1, 0.15) is 31.2 Å². The Hall–Kier alpha value is -0.0100. The fraction of sp³-hybridized carbons (Fsp3) is 0.636. The van der Waals surface area contributed by atoms with Crippen LogP contribution in [-0.4, -0.2) is 5.38 Å². The normalized spacial score (nSPS) is 20.7. The molecule has 1 saturated carbocycles. The van der Waals surface area contributed by atoms with E-state index in [1.165, 1.54) is 31.2 Å². The van der Waals surface area contributed by atoms with Gasteiger partial charge in [0.05, 0.1) is 0 Å². The van der Waals surface area contributed by atoms with Gasteiger partial charge in [-0.1, -0.05) is 12.8 Å². The molecule has 0 N–H and O–H groups in total. The van der Waals surface area contributed by atoms with Gasteiger partial charge in [0, 0.05) is 5.38 Å². The lowest BCUT2D eigenvalue weighted by Gasteiger charge is -2.15. The highest BCUT2D eigenvalue weighted by molar-refractivity contribution is 7.07. The Morgan fingerprint density at radius 2 is 2.23 bits per heavy atom. The molecular formula is C11H15ClS. The quantitative estimate of drug-likeness (QED) is 0.665. The van der Waals surface area contributed by atoms with Crippen LogP contribution in [0, 0.1) is 5.92 Å². The van der Waals surface area contributed by atoms with Crippen LogP contribution in [0.4, 0.5) is 0 Å². The van der Waals surface area contributed by atoms with Crippen molar-refractivity contribution in [3.05, 3.63) is 22.4 Å². The van der Waals surface area contributed by atoms with Gasteiger partial charge in [0.2, 0.25) is 0 Å². The highest BCUT2D eigenvalue weighted by atomic mass is 35.5. The molecule has 1 aliphatic rings. The summed E-state index contributed by atoms with van der Waals surface area (Å²) in [6.45, 7) is 0. The van der Waals surface area contributed by atoms with Crippen LogP contribution < -0.4 is 0 Å². The highest BCUT2D eigenvalue weighted by Crippen LogP contribution is 2.32. The van der Waals surface area contributed by atoms with Crippen molar-refractivity contribution in [3.8, 4) is 0 Å². The monoisotopic (exact) mass is 214 g/mol. The largest absolute Gasteiger partial charge is 0.152 e. The third-order valence-corrected chi connectivity index (χ3v) is 4.16. The second-order valence-electron chi connectivity index (χ2n) is 3.90. The molecule has 1 aromatic heterocycles. The van der Waals surface area contributed by atoms with Gasteiger partial charge in [0.25, 0.3) is 0 Å². The molecule has 0 nitrogen and oxygen atoms in total. The highest BCUT2D eigenvalue weighted by Gasteiger charge is 2.23. The van der Waals surface area contributed by atoms with Crippen LogP contribution >= 0.6 is 22.9 Å². The van der Waals surface area contributed by atoms with E-state index in [2.05, 4.69) is 16.8 Å². The molecule has 1 atom stereocenters. The fourth-order valence-electron chi connectivity index (χ4n) is 2.12. The molecule has 1 fully saturated rings. The van der Waals surface area contributed by atoms with Crippen molar-refractivity contribution in [2.45, 2.75) is 37.5 Å². The lowest BCUT2D eigenvalue weighted by Crippen LogP contribution is -2.13. The van der Waals surface area contributed by atoms with Gasteiger partial charge in [-0.05, 0) is 47.6 Å². The van der Waals surface area contributed by atoms with E-state index in [4.69, 9.17) is 11.6 Å². The second kappa shape index (κ2) is 4.47. The maximum absolute atomic E-state index is 6.38. The van der Waals surface area contributed by atoms with Gasteiger partial charge >= 0.3 is 0 Å². The van der Waals surface area contributed by atoms with Crippen molar-refractivity contribution in [2.24, 2.45) is 5.92 Å². The first-order chi connectivity index (χ1) is 6.36. The zero-order valence-corrected chi connectivity index (χ0v) is 9.28. The van der Waals surface area contributed by atoms with Crippen molar-refractivity contribution in [1.29, 1.82) is 0 Å². The summed E-state index contributed by atoms with van der Waals surface area (Å²) in [5.41, 5.74) is 1.41. The summed E-state index contributed by atoms with van der Waals surface area (Å²) in [4.78, 5) is 0. The Morgan fingerprint density at radius 1 is 1.46 bits per heavy atom. The smallest absolute Gasteiger partial charge is 0.0404 e. The van der Waals surface area contributed by atoms with Gasteiger partial charge in [-0.25, -0.2) is 0 Å². The van der Waals surface area contributed by atoms with Gasteiger partial charge in [-0.15, -0.1) is 11.6 Å². The molecule has 1 heterocycles. The zero-order chi connectivity index (χ0) is 9.10. The van der Waals surface area contributed by atoms with E-state index in [1.807, 2.05) is 0 Å². The number of hydrogen-bond acceptors (Lipinski definition) is 1. The predicted octanol–water partition coefficient (Wildman–Crippen LogP) is 4.09. The molecule has 0 spiro atoms. The number of hydrogen-bond donors (Lipinski definition) is 0. The van der Waals surface area contributed by atoms with Gasteiger partial charge in [0.1, 0.15) is 0 Å². The van der Waals surface area contributed by atoms with Gasteiger partial charge in [-0.3, -0.25) is 0 Å². The molecule has 13 heavy (non-hydrogen) atoms. The molecule has 0 amide bonds. The molecule has 1 unspecified atom stereocenters. The van der Waals surface area contributed by atoms with E-state index in [-0.39, 0.29) is 0 Å². The minimum atomic E-state index is 0.372. The summed E-state index contributed by atoms with van der Waals surface area (Å²) >= 11 is 8.15. The standard InChI is InChI=1S/C11H15ClS/c12-11(10-3-1-2-4-10)7-9-5-6-13-8-9/h5-6,8,10-11H,1-4,7H2. The molecule has 0 aliphatic heterocycles. The van der Waals surface area contributed by atoms with Crippen LogP contribution in [-0.2, 0) is 6.42 Å². The first-order valence-corrected chi connectivity index (χ1v) is 6.39. The Morgan fingerprint density at radius 3 is 2.85 bits per heavy atom. The van der Waals surface area contributed by atoms with Gasteiger partial charge < -0.3 is 0 Å². The summed E-state index contributed by atoms with van der Waals surface area (Å²) in [6, 6.07) is 2.19. The van der Waals surface area contributed by atoms with E-state index in [0.717, 1.165) is 12.3 Å². The number of thiophene rings is 1. The molecule has 0 bridgehead atoms. The molecule has 0 saturated heterocycles. The van der Waals surface area contributed by atoms with Crippen molar-refractivity contribution in [2.75, 3.05) is 0 Å². The van der Waals surface area contributed by atoms with Gasteiger partial charge in [-0.2, -0.15) is 11.3 Å². The first kappa shape index (κ1) is 9.54. The summed E-state index contributed by atoms with van der Waals surface area (Å²) in [7, 11) is 0. The third-order valence-electron chi connectivity index (χ3n) is 2.92. The summed E-state index contributed by atoms with van der Waals surface area (Å²) in [5, 5.41) is 4.72. The Balaban J connectivity index is 1.87. The van der Waals surface area contributed by atoms with E-state index in [0.29, 0.717) is 5.38 Å². The Labute approximate surface area is 88.9 Å². The van der Waals surface area contributed by atoms with Crippen LogP contribution in [0.25, 0.3) is 0 Å². The minimum absolute atomic E-state index is 0.372. The van der Waals surface area contributed by atoms with Crippen LogP contribution in [0.5, 0.6) is 0 Å². The van der Waals surface area contributed by atoms with Gasteiger partial charge in [0.15, 0.2) is 0 Å². The van der Waals surface area contributed by atoms with Crippen molar-refractivity contribution in [1.82, 2.24) is 0 Å². The lowest BCUT2D eigenvalue weighted by molar-refractivity contribution is 0.512. The Bertz CT molecular complexity index is 237. The van der Waals surface area contributed by atoms with E-state index >= 15 is 0 Å². The SMILES string of the molecule is ClC(Cc1ccsc1)C1CCCC1. The predicted molar refractivity (Wildman–Crippen MR) is 59.6 cm³/mol. The molecule has 0 radical (unpaired) electrons. The molecule has 2 rings (SSSR count). The first-order valence-electron chi connectivity index (χ1n) is 5.01. The summed E-state index contributed by atoms with van der Waals surface area (Å²) in [5.74, 6) is 0.779. The minimum Gasteiger partial charge on any atom is -0.152 e. The molecule has 72 valence electrons. The average molecular weight is 215 g/mol. The molecule has 2 heteroatoms. The van der Waals surface area contributed by atoms with E-state index in [9.17, 15) is 0 Å². The van der Waals surface area contributed by atoms with Crippen LogP contribution in [0.3, 0.4) is 0 Å². The number of rotatable bonds is 3. The maximum atomic E-state index is 6.38. The van der Waals surface area contributed by atoms with Crippen LogP contribution in [0.15, 0.2) is 16.8 Å². The number of halogens is 1. The third kappa shape index (κ3) is 2.47. The second-order valence-corrected chi connectivity index (χ2v) is 5.24. The fourth-order valence-corrected chi connectivity index (χ4v) is 3.23. The average Bonchev–Trinajstić information content (AvgIpc) is 2.74. The van der Waals surface area contributed by atoms with Crippen molar-refractivity contribution in [3.63, 3.8) is 0 Å². The molecule has 0 aromatic carbocycles. The maximum Gasteiger partial charge on any atom is 0.0404 e. The van der Waals surface area contributed by atoms with E-state index < -0.39 is 0 Å². The molecule has 1 aliphatic carbocycles. The molecule has 1 aromatic rings. The Kier molecular flexibility index (Phi) is 3.28. The van der Waals surface area contributed by atoms with Crippen molar-refractivity contribution >= 4 is 22.9 Å². The van der Waals surface area contributed by atoms with E-state index in [1.54, 1.807) is 11.3 Å². The van der Waals surface area contributed by atoms with Crippen molar-refractivity contribution < 1.29 is 0 Å². The van der Waals surface area contributed by atoms with Crippen LogP contribution in [0.2, 0.25) is 0 Å². The topological polar surface area (TPSA) is 0 Å². The summed E-state index contributed by atoms with van der Waals surface area (Å²) in [6.07, 6.45) is 6.53. The lowest BCUT2D eigenvalue weighted by atomic mass is 9.99.